The lowest BCUT2D eigenvalue weighted by Crippen LogP contribution is -2.32. The third kappa shape index (κ3) is 3.32. The molecule has 3 nitrogen and oxygen atoms in total. The highest BCUT2D eigenvalue weighted by Gasteiger charge is 2.04. The van der Waals surface area contributed by atoms with Gasteiger partial charge in [-0.3, -0.25) is 4.79 Å². The van der Waals surface area contributed by atoms with E-state index in [1.165, 1.54) is 6.92 Å². The van der Waals surface area contributed by atoms with Gasteiger partial charge in [0.25, 0.3) is 0 Å². The minimum Gasteiger partial charge on any atom is -0.332 e. The van der Waals surface area contributed by atoms with Crippen LogP contribution in [-0.2, 0) is 4.79 Å². The van der Waals surface area contributed by atoms with Crippen LogP contribution in [0.2, 0.25) is 0 Å². The number of hydrogen-bond donors (Lipinski definition) is 2. The summed E-state index contributed by atoms with van der Waals surface area (Å²) in [6.45, 7) is 5.41. The van der Waals surface area contributed by atoms with Crippen LogP contribution in [0, 0.1) is 13.8 Å². The van der Waals surface area contributed by atoms with Crippen LogP contribution < -0.4 is 10.6 Å². The molecule has 1 aromatic carbocycles. The summed E-state index contributed by atoms with van der Waals surface area (Å²) in [4.78, 5) is 10.8. The fourth-order valence-corrected chi connectivity index (χ4v) is 1.56. The van der Waals surface area contributed by atoms with E-state index in [9.17, 15) is 4.79 Å². The molecule has 15 heavy (non-hydrogen) atoms. The Morgan fingerprint density at radius 1 is 1.27 bits per heavy atom. The molecule has 1 aromatic rings. The summed E-state index contributed by atoms with van der Waals surface area (Å²) < 4.78 is 0. The van der Waals surface area contributed by atoms with E-state index in [1.54, 1.807) is 0 Å². The molecule has 0 bridgehead atoms. The molecule has 0 aliphatic carbocycles. The molecule has 0 radical (unpaired) electrons. The van der Waals surface area contributed by atoms with Crippen molar-refractivity contribution in [1.29, 1.82) is 0 Å². The normalized spacial score (nSPS) is 9.53. The molecule has 4 heteroatoms. The molecule has 1 amide bonds. The van der Waals surface area contributed by atoms with Crippen LogP contribution in [0.1, 0.15) is 18.1 Å². The van der Waals surface area contributed by atoms with Crippen LogP contribution in [0.5, 0.6) is 0 Å². The first-order valence-electron chi connectivity index (χ1n) is 4.65. The lowest BCUT2D eigenvalue weighted by molar-refractivity contribution is -0.117. The molecule has 0 saturated heterocycles. The van der Waals surface area contributed by atoms with Gasteiger partial charge in [-0.15, -0.1) is 0 Å². The number of rotatable bonds is 1. The summed E-state index contributed by atoms with van der Waals surface area (Å²) in [5, 5.41) is 5.87. The quantitative estimate of drug-likeness (QED) is 0.715. The van der Waals surface area contributed by atoms with E-state index in [0.717, 1.165) is 16.8 Å². The van der Waals surface area contributed by atoms with Gasteiger partial charge in [-0.2, -0.15) is 0 Å². The second-order valence-electron chi connectivity index (χ2n) is 3.40. The Labute approximate surface area is 94.9 Å². The van der Waals surface area contributed by atoms with Crippen molar-refractivity contribution in [1.82, 2.24) is 5.32 Å². The Hall–Kier alpha value is -1.42. The Balaban J connectivity index is 2.80. The minimum atomic E-state index is -0.168. The molecule has 80 valence electrons. The van der Waals surface area contributed by atoms with Crippen molar-refractivity contribution in [2.45, 2.75) is 20.8 Å². The van der Waals surface area contributed by atoms with Crippen LogP contribution in [0.4, 0.5) is 5.69 Å². The van der Waals surface area contributed by atoms with E-state index in [2.05, 4.69) is 10.6 Å². The highest BCUT2D eigenvalue weighted by atomic mass is 32.1. The van der Waals surface area contributed by atoms with Gasteiger partial charge in [0.05, 0.1) is 0 Å². The van der Waals surface area contributed by atoms with Gasteiger partial charge >= 0.3 is 0 Å². The van der Waals surface area contributed by atoms with Crippen molar-refractivity contribution >= 4 is 28.9 Å². The van der Waals surface area contributed by atoms with Gasteiger partial charge < -0.3 is 10.6 Å². The highest BCUT2D eigenvalue weighted by molar-refractivity contribution is 7.80. The van der Waals surface area contributed by atoms with Crippen molar-refractivity contribution < 1.29 is 4.79 Å². The van der Waals surface area contributed by atoms with E-state index in [0.29, 0.717) is 5.11 Å². The summed E-state index contributed by atoms with van der Waals surface area (Å²) in [5.41, 5.74) is 3.15. The topological polar surface area (TPSA) is 41.1 Å². The summed E-state index contributed by atoms with van der Waals surface area (Å²) in [6, 6.07) is 5.97. The standard InChI is InChI=1S/C11H14N2OS/c1-7-5-4-6-8(2)10(7)13-11(15)12-9(3)14/h4-6H,1-3H3,(H2,12,13,14,15). The predicted molar refractivity (Wildman–Crippen MR) is 66.0 cm³/mol. The van der Waals surface area contributed by atoms with Crippen LogP contribution in [0.25, 0.3) is 0 Å². The van der Waals surface area contributed by atoms with Crippen molar-refractivity contribution in [2.24, 2.45) is 0 Å². The van der Waals surface area contributed by atoms with Gasteiger partial charge in [0.2, 0.25) is 5.91 Å². The number of carbonyl (C=O) groups is 1. The Kier molecular flexibility index (Phi) is 3.80. The maximum Gasteiger partial charge on any atom is 0.222 e. The third-order valence-electron chi connectivity index (χ3n) is 2.01. The highest BCUT2D eigenvalue weighted by Crippen LogP contribution is 2.18. The fourth-order valence-electron chi connectivity index (χ4n) is 1.32. The zero-order chi connectivity index (χ0) is 11.4. The van der Waals surface area contributed by atoms with Gasteiger partial charge in [-0.05, 0) is 37.2 Å². The van der Waals surface area contributed by atoms with Crippen LogP contribution >= 0.6 is 12.2 Å². The van der Waals surface area contributed by atoms with Crippen molar-refractivity contribution in [2.75, 3.05) is 5.32 Å². The molecular weight excluding hydrogens is 208 g/mol. The van der Waals surface area contributed by atoms with Crippen molar-refractivity contribution in [3.8, 4) is 0 Å². The zero-order valence-corrected chi connectivity index (χ0v) is 9.87. The first kappa shape index (κ1) is 11.7. The lowest BCUT2D eigenvalue weighted by atomic mass is 10.1. The minimum absolute atomic E-state index is 0.168. The Bertz CT molecular complexity index is 381. The van der Waals surface area contributed by atoms with Crippen LogP contribution in [0.15, 0.2) is 18.2 Å². The molecule has 0 unspecified atom stereocenters. The predicted octanol–water partition coefficient (Wildman–Crippen LogP) is 2.14. The molecule has 0 saturated carbocycles. The number of aryl methyl sites for hydroxylation is 2. The number of benzene rings is 1. The van der Waals surface area contributed by atoms with E-state index in [-0.39, 0.29) is 5.91 Å². The van der Waals surface area contributed by atoms with E-state index in [1.807, 2.05) is 32.0 Å². The Morgan fingerprint density at radius 2 is 1.80 bits per heavy atom. The molecular formula is C11H14N2OS. The number of nitrogens with one attached hydrogen (secondary N) is 2. The molecule has 0 atom stereocenters. The first-order chi connectivity index (χ1) is 7.00. The second kappa shape index (κ2) is 4.89. The van der Waals surface area contributed by atoms with Crippen LogP contribution in [0.3, 0.4) is 0 Å². The molecule has 0 spiro atoms. The maximum atomic E-state index is 10.8. The molecule has 0 aliphatic rings. The van der Waals surface area contributed by atoms with Gasteiger partial charge in [0.1, 0.15) is 0 Å². The molecule has 0 fully saturated rings. The lowest BCUT2D eigenvalue weighted by Gasteiger charge is -2.13. The first-order valence-corrected chi connectivity index (χ1v) is 5.06. The summed E-state index contributed by atoms with van der Waals surface area (Å²) in [5.74, 6) is -0.168. The van der Waals surface area contributed by atoms with Gasteiger partial charge in [0, 0.05) is 12.6 Å². The third-order valence-corrected chi connectivity index (χ3v) is 2.21. The number of hydrogen-bond acceptors (Lipinski definition) is 2. The Morgan fingerprint density at radius 3 is 2.27 bits per heavy atom. The number of anilines is 1. The molecule has 0 aliphatic heterocycles. The van der Waals surface area contributed by atoms with Gasteiger partial charge in [0.15, 0.2) is 5.11 Å². The molecule has 2 N–H and O–H groups in total. The van der Waals surface area contributed by atoms with E-state index in [4.69, 9.17) is 12.2 Å². The average molecular weight is 222 g/mol. The summed E-state index contributed by atoms with van der Waals surface area (Å²) in [6.07, 6.45) is 0. The van der Waals surface area contributed by atoms with Crippen molar-refractivity contribution in [3.63, 3.8) is 0 Å². The van der Waals surface area contributed by atoms with E-state index >= 15 is 0 Å². The number of para-hydroxylation sites is 1. The number of carbonyl (C=O) groups excluding carboxylic acids is 1. The summed E-state index contributed by atoms with van der Waals surface area (Å²) >= 11 is 4.99. The van der Waals surface area contributed by atoms with E-state index < -0.39 is 0 Å². The maximum absolute atomic E-state index is 10.8. The largest absolute Gasteiger partial charge is 0.332 e. The van der Waals surface area contributed by atoms with Gasteiger partial charge in [-0.1, -0.05) is 18.2 Å². The second-order valence-corrected chi connectivity index (χ2v) is 3.81. The molecule has 0 heterocycles. The number of amides is 1. The zero-order valence-electron chi connectivity index (χ0n) is 9.05. The molecule has 0 aromatic heterocycles. The monoisotopic (exact) mass is 222 g/mol. The summed E-state index contributed by atoms with van der Waals surface area (Å²) in [7, 11) is 0. The fraction of sp³-hybridized carbons (Fsp3) is 0.273. The molecule has 1 rings (SSSR count). The average Bonchev–Trinajstić information content (AvgIpc) is 2.10. The van der Waals surface area contributed by atoms with Crippen LogP contribution in [-0.4, -0.2) is 11.0 Å². The smallest absolute Gasteiger partial charge is 0.222 e. The van der Waals surface area contributed by atoms with Crippen molar-refractivity contribution in [3.05, 3.63) is 29.3 Å². The SMILES string of the molecule is CC(=O)NC(=S)Nc1c(C)cccc1C. The number of thiocarbonyl (C=S) groups is 1. The van der Waals surface area contributed by atoms with Gasteiger partial charge in [-0.25, -0.2) is 0 Å².